The van der Waals surface area contributed by atoms with E-state index in [1.807, 2.05) is 79.8 Å². The van der Waals surface area contributed by atoms with E-state index in [9.17, 15) is 0 Å². The van der Waals surface area contributed by atoms with E-state index in [4.69, 9.17) is 8.83 Å². The Morgan fingerprint density at radius 1 is 0.605 bits per heavy atom. The van der Waals surface area contributed by atoms with Gasteiger partial charge in [0.1, 0.15) is 16.7 Å². The molecular formula is C31H21N5O2. The van der Waals surface area contributed by atoms with Gasteiger partial charge in [0.2, 0.25) is 11.8 Å². The van der Waals surface area contributed by atoms with Crippen LogP contribution in [0.5, 0.6) is 0 Å². The van der Waals surface area contributed by atoms with E-state index in [1.165, 1.54) is 0 Å². The lowest BCUT2D eigenvalue weighted by Crippen LogP contribution is -1.94. The molecule has 0 aliphatic heterocycles. The molecule has 182 valence electrons. The highest BCUT2D eigenvalue weighted by molar-refractivity contribution is 5.81. The first-order valence-electron chi connectivity index (χ1n) is 12.2. The van der Waals surface area contributed by atoms with Crippen LogP contribution in [-0.2, 0) is 7.05 Å². The quantitative estimate of drug-likeness (QED) is 0.234. The predicted molar refractivity (Wildman–Crippen MR) is 148 cm³/mol. The number of aromatic nitrogens is 5. The maximum Gasteiger partial charge on any atom is 0.248 e. The van der Waals surface area contributed by atoms with E-state index >= 15 is 0 Å². The molecule has 0 aliphatic carbocycles. The van der Waals surface area contributed by atoms with Gasteiger partial charge in [-0.2, -0.15) is 0 Å². The molecule has 0 saturated carbocycles. The summed E-state index contributed by atoms with van der Waals surface area (Å²) in [6.45, 7) is 0. The topological polar surface area (TPSA) is 82.8 Å². The lowest BCUT2D eigenvalue weighted by atomic mass is 10.1. The van der Waals surface area contributed by atoms with Crippen molar-refractivity contribution in [1.82, 2.24) is 25.0 Å². The number of benzene rings is 4. The van der Waals surface area contributed by atoms with Gasteiger partial charge < -0.3 is 8.83 Å². The van der Waals surface area contributed by atoms with Crippen molar-refractivity contribution in [3.63, 3.8) is 0 Å². The molecule has 4 aromatic carbocycles. The molecule has 3 aromatic heterocycles. The summed E-state index contributed by atoms with van der Waals surface area (Å²) in [5.41, 5.74) is 8.69. The van der Waals surface area contributed by atoms with E-state index < -0.39 is 0 Å². The lowest BCUT2D eigenvalue weighted by molar-refractivity contribution is 0.604. The number of hydrogen-bond acceptors (Lipinski definition) is 6. The highest BCUT2D eigenvalue weighted by Gasteiger charge is 2.20. The number of fused-ring (bicyclic) bond motifs is 2. The minimum atomic E-state index is 0.499. The molecule has 0 atom stereocenters. The molecule has 0 unspecified atom stereocenters. The molecule has 0 fully saturated rings. The maximum atomic E-state index is 5.99. The molecule has 7 rings (SSSR count). The summed E-state index contributed by atoms with van der Waals surface area (Å²) in [5, 5.41) is 8.61. The molecule has 0 bridgehead atoms. The molecule has 0 N–H and O–H groups in total. The molecule has 7 heteroatoms. The Kier molecular flexibility index (Phi) is 5.18. The normalized spacial score (nSPS) is 11.7. The molecule has 3 heterocycles. The van der Waals surface area contributed by atoms with E-state index in [1.54, 1.807) is 4.68 Å². The van der Waals surface area contributed by atoms with Crippen molar-refractivity contribution in [3.8, 4) is 34.3 Å². The number of aryl methyl sites for hydroxylation is 1. The van der Waals surface area contributed by atoms with Crippen LogP contribution in [0.4, 0.5) is 0 Å². The molecule has 0 saturated heterocycles. The van der Waals surface area contributed by atoms with E-state index in [0.29, 0.717) is 11.8 Å². The van der Waals surface area contributed by atoms with Crippen LogP contribution in [-0.4, -0.2) is 25.0 Å². The second kappa shape index (κ2) is 8.97. The largest absolute Gasteiger partial charge is 0.436 e. The monoisotopic (exact) mass is 495 g/mol. The number of nitrogens with zero attached hydrogens (tertiary/aromatic N) is 5. The molecule has 0 spiro atoms. The Morgan fingerprint density at radius 3 is 1.74 bits per heavy atom. The summed E-state index contributed by atoms with van der Waals surface area (Å²) in [7, 11) is 1.84. The van der Waals surface area contributed by atoms with Crippen molar-refractivity contribution in [2.24, 2.45) is 7.05 Å². The second-order valence-corrected chi connectivity index (χ2v) is 8.96. The summed E-state index contributed by atoms with van der Waals surface area (Å²) in [5.74, 6) is 1.12. The fourth-order valence-electron chi connectivity index (χ4n) is 4.44. The van der Waals surface area contributed by atoms with Gasteiger partial charge in [-0.05, 0) is 47.5 Å². The van der Waals surface area contributed by atoms with Crippen LogP contribution >= 0.6 is 0 Å². The van der Waals surface area contributed by atoms with Crippen LogP contribution in [0.25, 0.3) is 68.6 Å². The zero-order valence-corrected chi connectivity index (χ0v) is 20.4. The van der Waals surface area contributed by atoms with Gasteiger partial charge in [0.25, 0.3) is 0 Å². The Bertz CT molecular complexity index is 1860. The highest BCUT2D eigenvalue weighted by atomic mass is 16.4. The molecule has 7 aromatic rings. The fraction of sp³-hybridized carbons (Fsp3) is 0.0323. The second-order valence-electron chi connectivity index (χ2n) is 8.96. The van der Waals surface area contributed by atoms with Gasteiger partial charge in [-0.25, -0.2) is 14.6 Å². The number of rotatable bonds is 5. The van der Waals surface area contributed by atoms with E-state index in [2.05, 4.69) is 56.7 Å². The number of hydrogen-bond donors (Lipinski definition) is 0. The van der Waals surface area contributed by atoms with Gasteiger partial charge in [0.05, 0.1) is 0 Å². The average Bonchev–Trinajstić information content (AvgIpc) is 3.68. The minimum Gasteiger partial charge on any atom is -0.436 e. The van der Waals surface area contributed by atoms with Crippen molar-refractivity contribution < 1.29 is 8.83 Å². The summed E-state index contributed by atoms with van der Waals surface area (Å²) in [4.78, 5) is 9.20. The third-order valence-electron chi connectivity index (χ3n) is 6.43. The zero-order valence-electron chi connectivity index (χ0n) is 20.4. The first-order chi connectivity index (χ1) is 18.7. The molecule has 0 aliphatic rings. The third kappa shape index (κ3) is 3.96. The Labute approximate surface area is 217 Å². The zero-order chi connectivity index (χ0) is 25.5. The maximum absolute atomic E-state index is 5.99. The third-order valence-corrected chi connectivity index (χ3v) is 6.43. The van der Waals surface area contributed by atoms with Crippen molar-refractivity contribution >= 4 is 34.4 Å². The predicted octanol–water partition coefficient (Wildman–Crippen LogP) is 7.27. The van der Waals surface area contributed by atoms with Crippen LogP contribution in [0.1, 0.15) is 11.1 Å². The van der Waals surface area contributed by atoms with Gasteiger partial charge in [0, 0.05) is 18.2 Å². The van der Waals surface area contributed by atoms with Crippen molar-refractivity contribution in [2.75, 3.05) is 0 Å². The van der Waals surface area contributed by atoms with Crippen LogP contribution in [0, 0.1) is 0 Å². The van der Waals surface area contributed by atoms with Gasteiger partial charge >= 0.3 is 0 Å². The summed E-state index contributed by atoms with van der Waals surface area (Å²) in [6, 6.07) is 31.8. The molecule has 0 amide bonds. The van der Waals surface area contributed by atoms with Gasteiger partial charge in [-0.3, -0.25) is 0 Å². The lowest BCUT2D eigenvalue weighted by Gasteiger charge is -2.02. The minimum absolute atomic E-state index is 0.499. The average molecular weight is 496 g/mol. The Balaban J connectivity index is 1.11. The van der Waals surface area contributed by atoms with Crippen LogP contribution in [0.15, 0.2) is 106 Å². The smallest absolute Gasteiger partial charge is 0.248 e. The first kappa shape index (κ1) is 21.9. The molecular weight excluding hydrogens is 474 g/mol. The van der Waals surface area contributed by atoms with E-state index in [0.717, 1.165) is 55.8 Å². The van der Waals surface area contributed by atoms with Crippen molar-refractivity contribution in [3.05, 3.63) is 108 Å². The standard InChI is InChI=1S/C31H21N5O2/c1-36-29(31-33-25-7-3-5-9-27(25)38-31)28(34-35-36)22-16-12-20(13-17-22)10-11-21-14-18-23(19-15-21)30-32-24-6-2-4-8-26(24)37-30/h2-19H,1H3. The summed E-state index contributed by atoms with van der Waals surface area (Å²) in [6.07, 6.45) is 4.16. The Morgan fingerprint density at radius 2 is 1.13 bits per heavy atom. The van der Waals surface area contributed by atoms with Crippen molar-refractivity contribution in [1.29, 1.82) is 0 Å². The van der Waals surface area contributed by atoms with Crippen LogP contribution < -0.4 is 0 Å². The number of para-hydroxylation sites is 4. The van der Waals surface area contributed by atoms with Gasteiger partial charge in [0.15, 0.2) is 16.9 Å². The van der Waals surface area contributed by atoms with Crippen LogP contribution in [0.2, 0.25) is 0 Å². The van der Waals surface area contributed by atoms with Gasteiger partial charge in [-0.1, -0.05) is 78.0 Å². The number of oxazole rings is 2. The summed E-state index contributed by atoms with van der Waals surface area (Å²) < 4.78 is 13.6. The van der Waals surface area contributed by atoms with E-state index in [-0.39, 0.29) is 0 Å². The molecule has 0 radical (unpaired) electrons. The van der Waals surface area contributed by atoms with Crippen molar-refractivity contribution in [2.45, 2.75) is 0 Å². The molecule has 38 heavy (non-hydrogen) atoms. The highest BCUT2D eigenvalue weighted by Crippen LogP contribution is 2.32. The first-order valence-corrected chi connectivity index (χ1v) is 12.2. The molecule has 7 nitrogen and oxygen atoms in total. The summed E-state index contributed by atoms with van der Waals surface area (Å²) >= 11 is 0. The SMILES string of the molecule is Cn1nnc(-c2ccc(C=Cc3ccc(-c4nc5ccccc5o4)cc3)cc2)c1-c1nc2ccccc2o1. The Hall–Kier alpha value is -5.30. The van der Waals surface area contributed by atoms with Crippen LogP contribution in [0.3, 0.4) is 0 Å². The fourth-order valence-corrected chi connectivity index (χ4v) is 4.44. The van der Waals surface area contributed by atoms with Gasteiger partial charge in [-0.15, -0.1) is 5.10 Å².